The first-order valence-electron chi connectivity index (χ1n) is 4.36. The maximum absolute atomic E-state index is 5.70. The Morgan fingerprint density at radius 3 is 3.00 bits per heavy atom. The van der Waals surface area contributed by atoms with E-state index in [0.717, 1.165) is 27.6 Å². The van der Waals surface area contributed by atoms with Gasteiger partial charge < -0.3 is 10.2 Å². The first-order chi connectivity index (χ1) is 6.84. The molecule has 0 saturated carbocycles. The monoisotopic (exact) mass is 184 g/mol. The lowest BCUT2D eigenvalue weighted by atomic mass is 10.1. The molecule has 1 aromatic heterocycles. The Balaban J connectivity index is 2.57. The number of anilines is 1. The summed E-state index contributed by atoms with van der Waals surface area (Å²) in [6, 6.07) is 9.67. The Morgan fingerprint density at radius 2 is 2.07 bits per heavy atom. The molecule has 0 amide bonds. The smallest absolute Gasteiger partial charge is 0.182 e. The topological polar surface area (TPSA) is 52.0 Å². The Kier molecular flexibility index (Phi) is 1.31. The van der Waals surface area contributed by atoms with Gasteiger partial charge in [-0.25, -0.2) is 4.98 Å². The third kappa shape index (κ3) is 0.893. The van der Waals surface area contributed by atoms with E-state index in [0.29, 0.717) is 0 Å². The molecule has 0 radical (unpaired) electrons. The molecule has 1 heterocycles. The van der Waals surface area contributed by atoms with Crippen LogP contribution in [0.25, 0.3) is 21.9 Å². The van der Waals surface area contributed by atoms with Gasteiger partial charge in [-0.1, -0.05) is 12.1 Å². The van der Waals surface area contributed by atoms with Gasteiger partial charge in [0.05, 0.1) is 0 Å². The van der Waals surface area contributed by atoms with E-state index in [-0.39, 0.29) is 0 Å². The van der Waals surface area contributed by atoms with E-state index in [4.69, 9.17) is 10.2 Å². The summed E-state index contributed by atoms with van der Waals surface area (Å²) in [5, 5.41) is 2.16. The molecule has 3 heteroatoms. The number of hydrogen-bond acceptors (Lipinski definition) is 3. The summed E-state index contributed by atoms with van der Waals surface area (Å²) >= 11 is 0. The van der Waals surface area contributed by atoms with Gasteiger partial charge in [-0.05, 0) is 23.6 Å². The minimum Gasteiger partial charge on any atom is -0.443 e. The number of hydrogen-bond donors (Lipinski definition) is 1. The molecule has 0 bridgehead atoms. The maximum atomic E-state index is 5.70. The second kappa shape index (κ2) is 2.48. The van der Waals surface area contributed by atoms with Gasteiger partial charge in [0.2, 0.25) is 0 Å². The summed E-state index contributed by atoms with van der Waals surface area (Å²) in [5.74, 6) is 0. The van der Waals surface area contributed by atoms with Crippen LogP contribution < -0.4 is 5.73 Å². The summed E-state index contributed by atoms with van der Waals surface area (Å²) in [6.45, 7) is 0. The first-order valence-corrected chi connectivity index (χ1v) is 4.36. The van der Waals surface area contributed by atoms with Crippen LogP contribution in [0, 0.1) is 0 Å². The quantitative estimate of drug-likeness (QED) is 0.546. The molecule has 3 aromatic rings. The minimum atomic E-state index is 0.764. The second-order valence-electron chi connectivity index (χ2n) is 3.25. The molecule has 3 rings (SSSR count). The van der Waals surface area contributed by atoms with E-state index in [1.54, 1.807) is 0 Å². The number of aromatic nitrogens is 1. The molecule has 0 atom stereocenters. The van der Waals surface area contributed by atoms with Crippen molar-refractivity contribution in [2.24, 2.45) is 0 Å². The molecule has 0 unspecified atom stereocenters. The summed E-state index contributed by atoms with van der Waals surface area (Å²) in [6.07, 6.45) is 1.46. The fraction of sp³-hybridized carbons (Fsp3) is 0. The highest BCUT2D eigenvalue weighted by Gasteiger charge is 2.03. The summed E-state index contributed by atoms with van der Waals surface area (Å²) in [4.78, 5) is 4.17. The molecule has 2 aromatic carbocycles. The van der Waals surface area contributed by atoms with E-state index >= 15 is 0 Å². The molecule has 68 valence electrons. The van der Waals surface area contributed by atoms with Crippen LogP contribution in [0.15, 0.2) is 41.1 Å². The van der Waals surface area contributed by atoms with Gasteiger partial charge in [0.1, 0.15) is 5.52 Å². The zero-order valence-corrected chi connectivity index (χ0v) is 7.40. The van der Waals surface area contributed by atoms with Gasteiger partial charge in [-0.3, -0.25) is 0 Å². The van der Waals surface area contributed by atoms with Crippen molar-refractivity contribution in [3.8, 4) is 0 Å². The minimum absolute atomic E-state index is 0.764. The average Bonchev–Trinajstić information content (AvgIpc) is 2.65. The van der Waals surface area contributed by atoms with Gasteiger partial charge in [0, 0.05) is 11.1 Å². The van der Waals surface area contributed by atoms with Crippen molar-refractivity contribution in [2.75, 3.05) is 5.73 Å². The van der Waals surface area contributed by atoms with Crippen molar-refractivity contribution in [2.45, 2.75) is 0 Å². The van der Waals surface area contributed by atoms with Crippen LogP contribution in [0.2, 0.25) is 0 Å². The van der Waals surface area contributed by atoms with Crippen LogP contribution in [0.4, 0.5) is 5.69 Å². The van der Waals surface area contributed by atoms with Crippen LogP contribution in [0.5, 0.6) is 0 Å². The van der Waals surface area contributed by atoms with Gasteiger partial charge in [-0.2, -0.15) is 0 Å². The Morgan fingerprint density at radius 1 is 1.14 bits per heavy atom. The molecule has 0 fully saturated rings. The van der Waals surface area contributed by atoms with Crippen LogP contribution >= 0.6 is 0 Å². The lowest BCUT2D eigenvalue weighted by Crippen LogP contribution is -1.83. The van der Waals surface area contributed by atoms with E-state index in [1.807, 2.05) is 30.3 Å². The third-order valence-electron chi connectivity index (χ3n) is 2.34. The molecule has 0 saturated heterocycles. The van der Waals surface area contributed by atoms with Crippen molar-refractivity contribution in [1.82, 2.24) is 4.98 Å². The lowest BCUT2D eigenvalue weighted by Gasteiger charge is -1.98. The van der Waals surface area contributed by atoms with Gasteiger partial charge >= 0.3 is 0 Å². The highest BCUT2D eigenvalue weighted by atomic mass is 16.3. The molecular formula is C11H8N2O. The number of rotatable bonds is 0. The number of oxazole rings is 1. The summed E-state index contributed by atoms with van der Waals surface area (Å²) < 4.78 is 5.21. The number of fused-ring (bicyclic) bond motifs is 3. The summed E-state index contributed by atoms with van der Waals surface area (Å²) in [5.41, 5.74) is 8.16. The van der Waals surface area contributed by atoms with E-state index in [2.05, 4.69) is 4.98 Å². The summed E-state index contributed by atoms with van der Waals surface area (Å²) in [7, 11) is 0. The molecule has 0 aliphatic rings. The van der Waals surface area contributed by atoms with Gasteiger partial charge in [-0.15, -0.1) is 0 Å². The molecule has 2 N–H and O–H groups in total. The normalized spacial score (nSPS) is 11.1. The van der Waals surface area contributed by atoms with Crippen molar-refractivity contribution in [3.63, 3.8) is 0 Å². The molecule has 0 aliphatic carbocycles. The molecule has 0 spiro atoms. The van der Waals surface area contributed by atoms with Crippen molar-refractivity contribution >= 4 is 27.6 Å². The fourth-order valence-corrected chi connectivity index (χ4v) is 1.68. The SMILES string of the molecule is Nc1ccc2c(ccc3ocnc32)c1. The predicted octanol–water partition coefficient (Wildman–Crippen LogP) is 2.56. The third-order valence-corrected chi connectivity index (χ3v) is 2.34. The van der Waals surface area contributed by atoms with Crippen LogP contribution in [-0.4, -0.2) is 4.98 Å². The number of nitrogens with zero attached hydrogens (tertiary/aromatic N) is 1. The van der Waals surface area contributed by atoms with E-state index < -0.39 is 0 Å². The van der Waals surface area contributed by atoms with Crippen molar-refractivity contribution < 1.29 is 4.42 Å². The Labute approximate surface area is 80.1 Å². The van der Waals surface area contributed by atoms with E-state index in [9.17, 15) is 0 Å². The van der Waals surface area contributed by atoms with Gasteiger partial charge in [0.15, 0.2) is 12.0 Å². The lowest BCUT2D eigenvalue weighted by molar-refractivity contribution is 0.602. The Hall–Kier alpha value is -2.03. The van der Waals surface area contributed by atoms with Gasteiger partial charge in [0.25, 0.3) is 0 Å². The highest BCUT2D eigenvalue weighted by molar-refractivity contribution is 6.04. The van der Waals surface area contributed by atoms with Crippen LogP contribution in [0.3, 0.4) is 0 Å². The predicted molar refractivity (Wildman–Crippen MR) is 55.9 cm³/mol. The zero-order chi connectivity index (χ0) is 9.54. The fourth-order valence-electron chi connectivity index (χ4n) is 1.68. The van der Waals surface area contributed by atoms with Crippen LogP contribution in [-0.2, 0) is 0 Å². The number of nitrogen functional groups attached to an aromatic ring is 1. The molecule has 14 heavy (non-hydrogen) atoms. The largest absolute Gasteiger partial charge is 0.443 e. The maximum Gasteiger partial charge on any atom is 0.182 e. The van der Waals surface area contributed by atoms with E-state index in [1.165, 1.54) is 6.39 Å². The number of nitrogens with two attached hydrogens (primary N) is 1. The highest BCUT2D eigenvalue weighted by Crippen LogP contribution is 2.25. The van der Waals surface area contributed by atoms with Crippen molar-refractivity contribution in [1.29, 1.82) is 0 Å². The first kappa shape index (κ1) is 7.38. The molecule has 3 nitrogen and oxygen atoms in total. The van der Waals surface area contributed by atoms with Crippen molar-refractivity contribution in [3.05, 3.63) is 36.7 Å². The second-order valence-corrected chi connectivity index (χ2v) is 3.25. The number of benzene rings is 2. The standard InChI is InChI=1S/C11H8N2O/c12-8-2-3-9-7(5-8)1-4-10-11(9)13-6-14-10/h1-6H,12H2. The average molecular weight is 184 g/mol. The Bertz CT molecular complexity index is 613. The molecular weight excluding hydrogens is 176 g/mol. The molecule has 0 aliphatic heterocycles. The zero-order valence-electron chi connectivity index (χ0n) is 7.40. The van der Waals surface area contributed by atoms with Crippen LogP contribution in [0.1, 0.15) is 0 Å².